The second kappa shape index (κ2) is 3.45. The van der Waals surface area contributed by atoms with Crippen LogP contribution in [0.25, 0.3) is 5.69 Å². The van der Waals surface area contributed by atoms with Gasteiger partial charge in [0.1, 0.15) is 11.4 Å². The third-order valence-corrected chi connectivity index (χ3v) is 2.11. The van der Waals surface area contributed by atoms with E-state index in [1.54, 1.807) is 12.1 Å². The van der Waals surface area contributed by atoms with E-state index in [1.165, 1.54) is 4.68 Å². The van der Waals surface area contributed by atoms with E-state index in [4.69, 9.17) is 11.1 Å². The van der Waals surface area contributed by atoms with Crippen molar-refractivity contribution in [3.63, 3.8) is 0 Å². The first-order valence-electron chi connectivity index (χ1n) is 4.40. The molecule has 0 bridgehead atoms. The Morgan fingerprint density at radius 3 is 2.53 bits per heavy atom. The van der Waals surface area contributed by atoms with Gasteiger partial charge in [-0.1, -0.05) is 18.2 Å². The number of anilines is 1. The van der Waals surface area contributed by atoms with E-state index in [0.29, 0.717) is 5.69 Å². The highest BCUT2D eigenvalue weighted by Gasteiger charge is 2.09. The van der Waals surface area contributed by atoms with Gasteiger partial charge in [-0.2, -0.15) is 0 Å². The fourth-order valence-electron chi connectivity index (χ4n) is 1.37. The van der Waals surface area contributed by atoms with Crippen LogP contribution in [-0.2, 0) is 0 Å². The van der Waals surface area contributed by atoms with Gasteiger partial charge in [0.2, 0.25) is 0 Å². The van der Waals surface area contributed by atoms with E-state index in [-0.39, 0.29) is 16.9 Å². The third kappa shape index (κ3) is 1.43. The van der Waals surface area contributed by atoms with Crippen molar-refractivity contribution in [3.8, 4) is 5.69 Å². The molecule has 1 aromatic heterocycles. The Morgan fingerprint density at radius 2 is 2.00 bits per heavy atom. The number of nitrogens with two attached hydrogens (primary N) is 1. The average Bonchev–Trinajstić information content (AvgIpc) is 2.55. The Kier molecular flexibility index (Phi) is 2.13. The molecule has 1 aromatic carbocycles. The number of H-pyrrole nitrogens is 1. The zero-order chi connectivity index (χ0) is 10.8. The predicted octanol–water partition coefficient (Wildman–Crippen LogP) is 0.745. The largest absolute Gasteiger partial charge is 0.383 e. The molecule has 0 amide bonds. The summed E-state index contributed by atoms with van der Waals surface area (Å²) in [7, 11) is 0. The molecular formula is C10H10N4O. The zero-order valence-corrected chi connectivity index (χ0v) is 7.90. The van der Waals surface area contributed by atoms with E-state index in [0.717, 1.165) is 6.21 Å². The van der Waals surface area contributed by atoms with Crippen LogP contribution in [0.2, 0.25) is 0 Å². The van der Waals surface area contributed by atoms with Gasteiger partial charge >= 0.3 is 0 Å². The fraction of sp³-hybridized carbons (Fsp3) is 0. The molecule has 0 aliphatic carbocycles. The molecule has 5 nitrogen and oxygen atoms in total. The lowest BCUT2D eigenvalue weighted by molar-refractivity contribution is 0.853. The van der Waals surface area contributed by atoms with Crippen LogP contribution in [0.15, 0.2) is 35.1 Å². The molecule has 0 radical (unpaired) electrons. The maximum absolute atomic E-state index is 11.7. The smallest absolute Gasteiger partial charge is 0.282 e. The van der Waals surface area contributed by atoms with Crippen molar-refractivity contribution < 1.29 is 0 Å². The van der Waals surface area contributed by atoms with E-state index in [1.807, 2.05) is 18.2 Å². The van der Waals surface area contributed by atoms with Gasteiger partial charge in [-0.25, -0.2) is 4.68 Å². The maximum Gasteiger partial charge on any atom is 0.282 e. The number of aromatic nitrogens is 2. The molecule has 5 heteroatoms. The molecular weight excluding hydrogens is 192 g/mol. The Morgan fingerprint density at radius 1 is 1.33 bits per heavy atom. The summed E-state index contributed by atoms with van der Waals surface area (Å²) >= 11 is 0. The van der Waals surface area contributed by atoms with E-state index in [9.17, 15) is 4.79 Å². The number of nitrogens with one attached hydrogen (secondary N) is 2. The molecule has 0 saturated carbocycles. The van der Waals surface area contributed by atoms with Crippen LogP contribution in [0.3, 0.4) is 0 Å². The van der Waals surface area contributed by atoms with Crippen molar-refractivity contribution in [2.45, 2.75) is 0 Å². The summed E-state index contributed by atoms with van der Waals surface area (Å²) in [6, 6.07) is 9.07. The van der Waals surface area contributed by atoms with Gasteiger partial charge in [0.05, 0.1) is 5.69 Å². The van der Waals surface area contributed by atoms with Crippen LogP contribution in [0.4, 0.5) is 5.82 Å². The topological polar surface area (TPSA) is 87.7 Å². The molecule has 15 heavy (non-hydrogen) atoms. The highest BCUT2D eigenvalue weighted by molar-refractivity contribution is 5.83. The van der Waals surface area contributed by atoms with Crippen LogP contribution in [0.5, 0.6) is 0 Å². The molecule has 76 valence electrons. The maximum atomic E-state index is 11.7. The van der Waals surface area contributed by atoms with Crippen LogP contribution >= 0.6 is 0 Å². The molecule has 0 saturated heterocycles. The third-order valence-electron chi connectivity index (χ3n) is 2.11. The van der Waals surface area contributed by atoms with Crippen LogP contribution in [-0.4, -0.2) is 16.0 Å². The highest BCUT2D eigenvalue weighted by atomic mass is 16.1. The van der Waals surface area contributed by atoms with Gasteiger partial charge in [0.15, 0.2) is 0 Å². The number of nitrogen functional groups attached to an aromatic ring is 1. The Hall–Kier alpha value is -2.30. The normalized spacial score (nSPS) is 10.1. The minimum Gasteiger partial charge on any atom is -0.383 e. The summed E-state index contributed by atoms with van der Waals surface area (Å²) in [6.45, 7) is 0. The molecule has 0 aliphatic rings. The first-order chi connectivity index (χ1) is 7.24. The lowest BCUT2D eigenvalue weighted by Crippen LogP contribution is -2.16. The number of rotatable bonds is 2. The summed E-state index contributed by atoms with van der Waals surface area (Å²) in [5, 5.41) is 9.77. The first-order valence-corrected chi connectivity index (χ1v) is 4.40. The van der Waals surface area contributed by atoms with Crippen molar-refractivity contribution in [3.05, 3.63) is 46.2 Å². The van der Waals surface area contributed by atoms with Gasteiger partial charge in [-0.3, -0.25) is 9.89 Å². The van der Waals surface area contributed by atoms with Crippen molar-refractivity contribution in [2.24, 2.45) is 0 Å². The van der Waals surface area contributed by atoms with Gasteiger partial charge in [0.25, 0.3) is 5.56 Å². The van der Waals surface area contributed by atoms with Gasteiger partial charge in [-0.15, -0.1) is 0 Å². The van der Waals surface area contributed by atoms with E-state index >= 15 is 0 Å². The zero-order valence-electron chi connectivity index (χ0n) is 7.90. The lowest BCUT2D eigenvalue weighted by Gasteiger charge is -1.99. The van der Waals surface area contributed by atoms with Crippen LogP contribution in [0, 0.1) is 5.41 Å². The Balaban J connectivity index is 2.66. The predicted molar refractivity (Wildman–Crippen MR) is 58.7 cm³/mol. The second-order valence-electron chi connectivity index (χ2n) is 3.06. The van der Waals surface area contributed by atoms with Gasteiger partial charge in [0, 0.05) is 6.21 Å². The molecule has 2 rings (SSSR count). The fourth-order valence-corrected chi connectivity index (χ4v) is 1.37. The average molecular weight is 202 g/mol. The number of hydrogen-bond acceptors (Lipinski definition) is 3. The van der Waals surface area contributed by atoms with Crippen LogP contribution in [0.1, 0.15) is 5.56 Å². The van der Waals surface area contributed by atoms with Gasteiger partial charge in [-0.05, 0) is 12.1 Å². The van der Waals surface area contributed by atoms with Crippen molar-refractivity contribution in [2.75, 3.05) is 5.73 Å². The van der Waals surface area contributed by atoms with Crippen molar-refractivity contribution in [1.82, 2.24) is 9.78 Å². The molecule has 1 heterocycles. The minimum absolute atomic E-state index is 0.179. The molecule has 0 spiro atoms. The number of hydrogen-bond donors (Lipinski definition) is 3. The molecule has 0 unspecified atom stereocenters. The number of nitrogens with zero attached hydrogens (tertiary/aromatic N) is 1. The summed E-state index contributed by atoms with van der Waals surface area (Å²) in [4.78, 5) is 11.7. The molecule has 4 N–H and O–H groups in total. The monoisotopic (exact) mass is 202 g/mol. The quantitative estimate of drug-likeness (QED) is 0.627. The summed E-state index contributed by atoms with van der Waals surface area (Å²) < 4.78 is 1.32. The second-order valence-corrected chi connectivity index (χ2v) is 3.06. The Labute approximate surface area is 85.6 Å². The summed E-state index contributed by atoms with van der Waals surface area (Å²) in [5.41, 5.74) is 6.13. The highest BCUT2D eigenvalue weighted by Crippen LogP contribution is 2.06. The molecule has 0 fully saturated rings. The summed E-state index contributed by atoms with van der Waals surface area (Å²) in [5.74, 6) is 0.207. The standard InChI is InChI=1S/C10H10N4O/c11-6-8-9(12)13-14(10(8)15)7-4-2-1-3-5-7/h1-6,11,13H,12H2. The number of aromatic amines is 1. The molecule has 2 aromatic rings. The van der Waals surface area contributed by atoms with Crippen molar-refractivity contribution >= 4 is 12.0 Å². The molecule has 0 aliphatic heterocycles. The number of para-hydroxylation sites is 1. The van der Waals surface area contributed by atoms with E-state index in [2.05, 4.69) is 5.10 Å². The minimum atomic E-state index is -0.311. The van der Waals surface area contributed by atoms with Crippen molar-refractivity contribution in [1.29, 1.82) is 5.41 Å². The lowest BCUT2D eigenvalue weighted by atomic mass is 10.3. The Bertz CT molecular complexity index is 538. The SMILES string of the molecule is N=Cc1c(N)[nH]n(-c2ccccc2)c1=O. The van der Waals surface area contributed by atoms with Gasteiger partial charge < -0.3 is 11.1 Å². The van der Waals surface area contributed by atoms with E-state index < -0.39 is 0 Å². The number of benzene rings is 1. The first kappa shape index (κ1) is 9.26. The summed E-state index contributed by atoms with van der Waals surface area (Å²) in [6.07, 6.45) is 0.952. The van der Waals surface area contributed by atoms with Crippen LogP contribution < -0.4 is 11.3 Å². The molecule has 0 atom stereocenters.